The van der Waals surface area contributed by atoms with Gasteiger partial charge in [-0.15, -0.1) is 0 Å². The SMILES string of the molecule is CCC1CCCCN1C(=O)c1cc(NCCOc2ccc(OC)cc2)nc(C)n1. The topological polar surface area (TPSA) is 76.6 Å². The molecule has 1 aliphatic rings. The molecule has 0 saturated carbocycles. The van der Waals surface area contributed by atoms with Crippen molar-refractivity contribution >= 4 is 11.7 Å². The molecule has 0 bridgehead atoms. The molecule has 1 fully saturated rings. The first-order chi connectivity index (χ1) is 14.1. The number of amides is 1. The zero-order valence-electron chi connectivity index (χ0n) is 17.5. The van der Waals surface area contributed by atoms with E-state index in [9.17, 15) is 4.79 Å². The molecule has 0 aliphatic carbocycles. The van der Waals surface area contributed by atoms with E-state index in [-0.39, 0.29) is 5.91 Å². The lowest BCUT2D eigenvalue weighted by atomic mass is 9.99. The van der Waals surface area contributed by atoms with Crippen LogP contribution in [0, 0.1) is 6.92 Å². The van der Waals surface area contributed by atoms with Crippen LogP contribution in [0.5, 0.6) is 11.5 Å². The quantitative estimate of drug-likeness (QED) is 0.684. The zero-order chi connectivity index (χ0) is 20.6. The van der Waals surface area contributed by atoms with Gasteiger partial charge in [0, 0.05) is 18.7 Å². The van der Waals surface area contributed by atoms with Crippen LogP contribution in [-0.4, -0.2) is 53.6 Å². The smallest absolute Gasteiger partial charge is 0.272 e. The fourth-order valence-electron chi connectivity index (χ4n) is 3.63. The van der Waals surface area contributed by atoms with Gasteiger partial charge in [-0.2, -0.15) is 0 Å². The molecule has 2 heterocycles. The molecular formula is C22H30N4O3. The third-order valence-corrected chi connectivity index (χ3v) is 5.15. The van der Waals surface area contributed by atoms with Gasteiger partial charge in [-0.25, -0.2) is 9.97 Å². The van der Waals surface area contributed by atoms with E-state index in [2.05, 4.69) is 22.2 Å². The number of hydrogen-bond donors (Lipinski definition) is 1. The third-order valence-electron chi connectivity index (χ3n) is 5.15. The van der Waals surface area contributed by atoms with E-state index in [0.717, 1.165) is 37.3 Å². The van der Waals surface area contributed by atoms with Crippen molar-refractivity contribution in [2.24, 2.45) is 0 Å². The molecule has 1 saturated heterocycles. The Morgan fingerprint density at radius 1 is 1.21 bits per heavy atom. The highest BCUT2D eigenvalue weighted by atomic mass is 16.5. The second kappa shape index (κ2) is 10.1. The van der Waals surface area contributed by atoms with Crippen LogP contribution < -0.4 is 14.8 Å². The van der Waals surface area contributed by atoms with E-state index in [1.54, 1.807) is 13.2 Å². The van der Waals surface area contributed by atoms with Gasteiger partial charge < -0.3 is 19.7 Å². The summed E-state index contributed by atoms with van der Waals surface area (Å²) in [6.45, 7) is 5.79. The minimum absolute atomic E-state index is 0.000386. The number of carbonyl (C=O) groups is 1. The van der Waals surface area contributed by atoms with E-state index >= 15 is 0 Å². The molecule has 1 N–H and O–H groups in total. The minimum atomic E-state index is -0.000386. The Balaban J connectivity index is 1.57. The minimum Gasteiger partial charge on any atom is -0.497 e. The maximum absolute atomic E-state index is 13.0. The van der Waals surface area contributed by atoms with Gasteiger partial charge in [-0.05, 0) is 56.9 Å². The maximum Gasteiger partial charge on any atom is 0.272 e. The Morgan fingerprint density at radius 3 is 2.69 bits per heavy atom. The van der Waals surface area contributed by atoms with Gasteiger partial charge in [0.15, 0.2) is 0 Å². The summed E-state index contributed by atoms with van der Waals surface area (Å²) in [5.74, 6) is 2.80. The first-order valence-electron chi connectivity index (χ1n) is 10.3. The Hall–Kier alpha value is -2.83. The lowest BCUT2D eigenvalue weighted by Crippen LogP contribution is -2.43. The summed E-state index contributed by atoms with van der Waals surface area (Å²) in [4.78, 5) is 23.8. The highest BCUT2D eigenvalue weighted by molar-refractivity contribution is 5.93. The number of benzene rings is 1. The number of likely N-dealkylation sites (tertiary alicyclic amines) is 1. The number of aromatic nitrogens is 2. The fourth-order valence-corrected chi connectivity index (χ4v) is 3.63. The molecule has 7 nitrogen and oxygen atoms in total. The molecule has 29 heavy (non-hydrogen) atoms. The van der Waals surface area contributed by atoms with E-state index < -0.39 is 0 Å². The van der Waals surface area contributed by atoms with Crippen molar-refractivity contribution < 1.29 is 14.3 Å². The van der Waals surface area contributed by atoms with Crippen LogP contribution in [0.4, 0.5) is 5.82 Å². The summed E-state index contributed by atoms with van der Waals surface area (Å²) in [5, 5.41) is 3.23. The fraction of sp³-hybridized carbons (Fsp3) is 0.500. The van der Waals surface area contributed by atoms with Gasteiger partial charge in [-0.3, -0.25) is 4.79 Å². The molecule has 1 atom stereocenters. The number of ether oxygens (including phenoxy) is 2. The lowest BCUT2D eigenvalue weighted by Gasteiger charge is -2.35. The lowest BCUT2D eigenvalue weighted by molar-refractivity contribution is 0.0601. The molecule has 2 aromatic rings. The Kier molecular flexibility index (Phi) is 7.27. The highest BCUT2D eigenvalue weighted by Gasteiger charge is 2.27. The largest absolute Gasteiger partial charge is 0.497 e. The number of aryl methyl sites for hydroxylation is 1. The van der Waals surface area contributed by atoms with E-state index in [1.165, 1.54) is 6.42 Å². The van der Waals surface area contributed by atoms with Crippen molar-refractivity contribution in [1.29, 1.82) is 0 Å². The van der Waals surface area contributed by atoms with Gasteiger partial charge >= 0.3 is 0 Å². The van der Waals surface area contributed by atoms with Gasteiger partial charge in [0.2, 0.25) is 0 Å². The first-order valence-corrected chi connectivity index (χ1v) is 10.3. The molecule has 1 aromatic carbocycles. The number of nitrogens with zero attached hydrogens (tertiary/aromatic N) is 3. The highest BCUT2D eigenvalue weighted by Crippen LogP contribution is 2.22. The average Bonchev–Trinajstić information content (AvgIpc) is 2.76. The maximum atomic E-state index is 13.0. The van der Waals surface area contributed by atoms with Crippen molar-refractivity contribution in [2.75, 3.05) is 32.1 Å². The van der Waals surface area contributed by atoms with Crippen molar-refractivity contribution in [3.8, 4) is 11.5 Å². The van der Waals surface area contributed by atoms with Crippen LogP contribution in [0.15, 0.2) is 30.3 Å². The average molecular weight is 399 g/mol. The van der Waals surface area contributed by atoms with Gasteiger partial charge in [0.1, 0.15) is 35.4 Å². The van der Waals surface area contributed by atoms with Crippen molar-refractivity contribution in [3.05, 3.63) is 41.9 Å². The van der Waals surface area contributed by atoms with Crippen LogP contribution in [0.3, 0.4) is 0 Å². The zero-order valence-corrected chi connectivity index (χ0v) is 17.5. The molecular weight excluding hydrogens is 368 g/mol. The molecule has 1 aromatic heterocycles. The number of piperidine rings is 1. The molecule has 156 valence electrons. The van der Waals surface area contributed by atoms with Gasteiger partial charge in [-0.1, -0.05) is 6.92 Å². The van der Waals surface area contributed by atoms with E-state index in [0.29, 0.717) is 36.5 Å². The van der Waals surface area contributed by atoms with Crippen LogP contribution in [0.2, 0.25) is 0 Å². The summed E-state index contributed by atoms with van der Waals surface area (Å²) in [6.07, 6.45) is 4.29. The number of nitrogens with one attached hydrogen (secondary N) is 1. The monoisotopic (exact) mass is 398 g/mol. The van der Waals surface area contributed by atoms with Crippen LogP contribution >= 0.6 is 0 Å². The number of hydrogen-bond acceptors (Lipinski definition) is 6. The Labute approximate surface area is 172 Å². The van der Waals surface area contributed by atoms with Crippen LogP contribution in [0.25, 0.3) is 0 Å². The predicted molar refractivity (Wildman–Crippen MR) is 113 cm³/mol. The second-order valence-corrected chi connectivity index (χ2v) is 7.19. The number of anilines is 1. The molecule has 1 aliphatic heterocycles. The van der Waals surface area contributed by atoms with Crippen molar-refractivity contribution in [2.45, 2.75) is 45.6 Å². The molecule has 1 unspecified atom stereocenters. The molecule has 3 rings (SSSR count). The standard InChI is InChI=1S/C22H30N4O3/c1-4-17-7-5-6-13-26(17)22(27)20-15-21(25-16(2)24-20)23-12-14-29-19-10-8-18(28-3)9-11-19/h8-11,15,17H,4-7,12-14H2,1-3H3,(H,23,24,25). The number of rotatable bonds is 8. The molecule has 1 amide bonds. The van der Waals surface area contributed by atoms with E-state index in [1.807, 2.05) is 36.1 Å². The molecule has 7 heteroatoms. The Bertz CT molecular complexity index is 810. The molecule has 0 radical (unpaired) electrons. The molecule has 0 spiro atoms. The summed E-state index contributed by atoms with van der Waals surface area (Å²) in [7, 11) is 1.64. The normalized spacial score (nSPS) is 16.4. The number of methoxy groups -OCH3 is 1. The van der Waals surface area contributed by atoms with Crippen LogP contribution in [-0.2, 0) is 0 Å². The third kappa shape index (κ3) is 5.59. The van der Waals surface area contributed by atoms with E-state index in [4.69, 9.17) is 9.47 Å². The first kappa shape index (κ1) is 20.9. The summed E-state index contributed by atoms with van der Waals surface area (Å²) < 4.78 is 10.9. The van der Waals surface area contributed by atoms with Crippen molar-refractivity contribution in [3.63, 3.8) is 0 Å². The van der Waals surface area contributed by atoms with Gasteiger partial charge in [0.05, 0.1) is 13.7 Å². The Morgan fingerprint density at radius 2 is 1.97 bits per heavy atom. The summed E-state index contributed by atoms with van der Waals surface area (Å²) in [5.41, 5.74) is 0.455. The van der Waals surface area contributed by atoms with Crippen molar-refractivity contribution in [1.82, 2.24) is 14.9 Å². The predicted octanol–water partition coefficient (Wildman–Crippen LogP) is 3.69. The number of carbonyl (C=O) groups excluding carboxylic acids is 1. The second-order valence-electron chi connectivity index (χ2n) is 7.19. The van der Waals surface area contributed by atoms with Gasteiger partial charge in [0.25, 0.3) is 5.91 Å². The summed E-state index contributed by atoms with van der Waals surface area (Å²) in [6, 6.07) is 9.50. The summed E-state index contributed by atoms with van der Waals surface area (Å²) >= 11 is 0. The van der Waals surface area contributed by atoms with Crippen LogP contribution in [0.1, 0.15) is 48.9 Å².